The third kappa shape index (κ3) is 3.24. The predicted octanol–water partition coefficient (Wildman–Crippen LogP) is 3.19. The minimum Gasteiger partial charge on any atom is -0.478 e. The molecule has 0 spiro atoms. The number of carboxylic acid groups (broad SMARTS) is 1. The predicted molar refractivity (Wildman–Crippen MR) is 68.8 cm³/mol. The van der Waals surface area contributed by atoms with Crippen LogP contribution >= 0.6 is 11.6 Å². The standard InChI is InChI=1S/C13H14ClNO2/c14-11-4-3-9(6-12(11)15)10(7-13(16)17)5-8-1-2-8/h3-4,6-8H,1-2,5,15H2,(H,16,17). The van der Waals surface area contributed by atoms with Crippen LogP contribution in [0.5, 0.6) is 0 Å². The molecule has 1 saturated carbocycles. The summed E-state index contributed by atoms with van der Waals surface area (Å²) >= 11 is 5.85. The molecule has 0 amide bonds. The Labute approximate surface area is 105 Å². The second kappa shape index (κ2) is 4.80. The molecule has 90 valence electrons. The van der Waals surface area contributed by atoms with Crippen molar-refractivity contribution in [3.8, 4) is 0 Å². The number of hydrogen-bond acceptors (Lipinski definition) is 2. The van der Waals surface area contributed by atoms with Gasteiger partial charge in [-0.15, -0.1) is 0 Å². The Morgan fingerprint density at radius 3 is 2.76 bits per heavy atom. The normalized spacial score (nSPS) is 15.9. The summed E-state index contributed by atoms with van der Waals surface area (Å²) in [6.45, 7) is 0. The molecule has 0 unspecified atom stereocenters. The van der Waals surface area contributed by atoms with Gasteiger partial charge in [-0.1, -0.05) is 17.7 Å². The number of anilines is 1. The van der Waals surface area contributed by atoms with Gasteiger partial charge >= 0.3 is 5.97 Å². The first kappa shape index (κ1) is 12.0. The Hall–Kier alpha value is -1.48. The zero-order chi connectivity index (χ0) is 12.4. The zero-order valence-corrected chi connectivity index (χ0v) is 10.1. The number of rotatable bonds is 4. The third-order valence-electron chi connectivity index (χ3n) is 2.87. The Morgan fingerprint density at radius 1 is 1.53 bits per heavy atom. The van der Waals surface area contributed by atoms with E-state index in [1.165, 1.54) is 18.9 Å². The molecule has 1 aromatic carbocycles. The molecule has 1 fully saturated rings. The van der Waals surface area contributed by atoms with E-state index in [1.807, 2.05) is 6.07 Å². The first-order valence-corrected chi connectivity index (χ1v) is 5.93. The van der Waals surface area contributed by atoms with Crippen molar-refractivity contribution >= 4 is 28.8 Å². The molecule has 0 heterocycles. The molecule has 0 aliphatic heterocycles. The second-order valence-corrected chi connectivity index (χ2v) is 4.80. The van der Waals surface area contributed by atoms with E-state index in [2.05, 4.69) is 0 Å². The molecule has 1 aliphatic rings. The Morgan fingerprint density at radius 2 is 2.24 bits per heavy atom. The zero-order valence-electron chi connectivity index (χ0n) is 9.32. The van der Waals surface area contributed by atoms with Crippen molar-refractivity contribution in [1.29, 1.82) is 0 Å². The number of benzene rings is 1. The van der Waals surface area contributed by atoms with E-state index >= 15 is 0 Å². The maximum atomic E-state index is 10.8. The van der Waals surface area contributed by atoms with Gasteiger partial charge in [-0.25, -0.2) is 4.79 Å². The van der Waals surface area contributed by atoms with Gasteiger partial charge < -0.3 is 10.8 Å². The first-order chi connectivity index (χ1) is 8.06. The Bertz CT molecular complexity index is 478. The van der Waals surface area contributed by atoms with E-state index in [1.54, 1.807) is 12.1 Å². The van der Waals surface area contributed by atoms with Crippen LogP contribution < -0.4 is 5.73 Å². The summed E-state index contributed by atoms with van der Waals surface area (Å²) in [5, 5.41) is 9.36. The second-order valence-electron chi connectivity index (χ2n) is 4.39. The number of nitrogen functional groups attached to an aromatic ring is 1. The minimum atomic E-state index is -0.922. The molecule has 3 N–H and O–H groups in total. The van der Waals surface area contributed by atoms with Crippen LogP contribution in [0.15, 0.2) is 24.3 Å². The summed E-state index contributed by atoms with van der Waals surface area (Å²) in [4.78, 5) is 10.8. The molecule has 0 radical (unpaired) electrons. The van der Waals surface area contributed by atoms with Gasteiger partial charge in [-0.2, -0.15) is 0 Å². The van der Waals surface area contributed by atoms with Crippen molar-refractivity contribution in [2.24, 2.45) is 5.92 Å². The summed E-state index contributed by atoms with van der Waals surface area (Å²) in [6, 6.07) is 5.25. The van der Waals surface area contributed by atoms with Gasteiger partial charge in [0.2, 0.25) is 0 Å². The largest absolute Gasteiger partial charge is 0.478 e. The molecule has 1 aliphatic carbocycles. The summed E-state index contributed by atoms with van der Waals surface area (Å²) < 4.78 is 0. The monoisotopic (exact) mass is 251 g/mol. The Kier molecular flexibility index (Phi) is 3.38. The van der Waals surface area contributed by atoms with Crippen LogP contribution in [-0.2, 0) is 4.79 Å². The van der Waals surface area contributed by atoms with Crippen LogP contribution in [0.4, 0.5) is 5.69 Å². The average molecular weight is 252 g/mol. The van der Waals surface area contributed by atoms with Crippen LogP contribution in [0.1, 0.15) is 24.8 Å². The molecule has 3 nitrogen and oxygen atoms in total. The van der Waals surface area contributed by atoms with E-state index in [0.717, 1.165) is 17.6 Å². The van der Waals surface area contributed by atoms with Gasteiger partial charge in [0.1, 0.15) is 0 Å². The van der Waals surface area contributed by atoms with Crippen molar-refractivity contribution in [3.63, 3.8) is 0 Å². The first-order valence-electron chi connectivity index (χ1n) is 5.55. The number of hydrogen-bond donors (Lipinski definition) is 2. The minimum absolute atomic E-state index is 0.483. The SMILES string of the molecule is Nc1cc(C(=CC(=O)O)CC2CC2)ccc1Cl. The van der Waals surface area contributed by atoms with Gasteiger partial charge in [0.25, 0.3) is 0 Å². The van der Waals surface area contributed by atoms with E-state index in [9.17, 15) is 4.79 Å². The van der Waals surface area contributed by atoms with E-state index < -0.39 is 5.97 Å². The average Bonchev–Trinajstić information content (AvgIpc) is 3.04. The Balaban J connectivity index is 2.30. The van der Waals surface area contributed by atoms with Crippen molar-refractivity contribution in [2.75, 3.05) is 5.73 Å². The van der Waals surface area contributed by atoms with Crippen LogP contribution in [0.3, 0.4) is 0 Å². The highest BCUT2D eigenvalue weighted by atomic mass is 35.5. The summed E-state index contributed by atoms with van der Waals surface area (Å²) in [7, 11) is 0. The van der Waals surface area contributed by atoms with Crippen molar-refractivity contribution < 1.29 is 9.90 Å². The lowest BCUT2D eigenvalue weighted by Gasteiger charge is -2.08. The van der Waals surface area contributed by atoms with Gasteiger partial charge in [-0.3, -0.25) is 0 Å². The molecule has 0 aromatic heterocycles. The molecule has 0 bridgehead atoms. The lowest BCUT2D eigenvalue weighted by atomic mass is 9.99. The van der Waals surface area contributed by atoms with Gasteiger partial charge in [0.05, 0.1) is 10.7 Å². The topological polar surface area (TPSA) is 63.3 Å². The maximum Gasteiger partial charge on any atom is 0.328 e. The molecule has 2 rings (SSSR count). The van der Waals surface area contributed by atoms with Crippen LogP contribution in [0.2, 0.25) is 5.02 Å². The van der Waals surface area contributed by atoms with Crippen LogP contribution in [0, 0.1) is 5.92 Å². The lowest BCUT2D eigenvalue weighted by molar-refractivity contribution is -0.131. The number of nitrogens with two attached hydrogens (primary N) is 1. The maximum absolute atomic E-state index is 10.8. The molecule has 0 saturated heterocycles. The number of aliphatic carboxylic acids is 1. The van der Waals surface area contributed by atoms with E-state index in [0.29, 0.717) is 16.6 Å². The fourth-order valence-electron chi connectivity index (χ4n) is 1.79. The van der Waals surface area contributed by atoms with E-state index in [-0.39, 0.29) is 0 Å². The molecular weight excluding hydrogens is 238 g/mol. The summed E-state index contributed by atoms with van der Waals surface area (Å²) in [5.41, 5.74) is 7.88. The fourth-order valence-corrected chi connectivity index (χ4v) is 1.90. The van der Waals surface area contributed by atoms with Gasteiger partial charge in [-0.05, 0) is 48.4 Å². The number of carbonyl (C=O) groups is 1. The number of carboxylic acids is 1. The van der Waals surface area contributed by atoms with Gasteiger partial charge in [0.15, 0.2) is 0 Å². The van der Waals surface area contributed by atoms with E-state index in [4.69, 9.17) is 22.4 Å². The molecule has 1 aromatic rings. The highest BCUT2D eigenvalue weighted by Crippen LogP contribution is 2.38. The molecule has 4 heteroatoms. The smallest absolute Gasteiger partial charge is 0.328 e. The number of allylic oxidation sites excluding steroid dienone is 1. The molecule has 17 heavy (non-hydrogen) atoms. The van der Waals surface area contributed by atoms with Crippen molar-refractivity contribution in [2.45, 2.75) is 19.3 Å². The number of halogens is 1. The highest BCUT2D eigenvalue weighted by Gasteiger charge is 2.23. The molecular formula is C13H14ClNO2. The van der Waals surface area contributed by atoms with Crippen molar-refractivity contribution in [3.05, 3.63) is 34.9 Å². The van der Waals surface area contributed by atoms with Crippen molar-refractivity contribution in [1.82, 2.24) is 0 Å². The lowest BCUT2D eigenvalue weighted by Crippen LogP contribution is -1.96. The van der Waals surface area contributed by atoms with Crippen LogP contribution in [-0.4, -0.2) is 11.1 Å². The van der Waals surface area contributed by atoms with Crippen LogP contribution in [0.25, 0.3) is 5.57 Å². The molecule has 0 atom stereocenters. The fraction of sp³-hybridized carbons (Fsp3) is 0.308. The van der Waals surface area contributed by atoms with Gasteiger partial charge in [0, 0.05) is 6.08 Å². The third-order valence-corrected chi connectivity index (χ3v) is 3.21. The summed E-state index contributed by atoms with van der Waals surface area (Å²) in [5.74, 6) is -0.299. The summed E-state index contributed by atoms with van der Waals surface area (Å²) in [6.07, 6.45) is 4.43. The highest BCUT2D eigenvalue weighted by molar-refractivity contribution is 6.33. The quantitative estimate of drug-likeness (QED) is 0.638.